The first kappa shape index (κ1) is 12.7. The molecule has 1 fully saturated rings. The zero-order chi connectivity index (χ0) is 12.1. The highest BCUT2D eigenvalue weighted by Crippen LogP contribution is 2.16. The SMILES string of the molecule is CCC(NC)c1ccn(CCN2CCCC2)c1. The maximum atomic E-state index is 3.35. The highest BCUT2D eigenvalue weighted by molar-refractivity contribution is 5.15. The molecule has 2 rings (SSSR count). The van der Waals surface area contributed by atoms with Crippen molar-refractivity contribution in [3.05, 3.63) is 24.0 Å². The van der Waals surface area contributed by atoms with E-state index in [2.05, 4.69) is 40.2 Å². The van der Waals surface area contributed by atoms with Crippen LogP contribution in [0.1, 0.15) is 37.8 Å². The lowest BCUT2D eigenvalue weighted by Gasteiger charge is -2.15. The maximum Gasteiger partial charge on any atom is 0.0347 e. The van der Waals surface area contributed by atoms with Gasteiger partial charge in [-0.2, -0.15) is 0 Å². The van der Waals surface area contributed by atoms with Crippen LogP contribution in [-0.4, -0.2) is 36.1 Å². The first-order valence-corrected chi connectivity index (χ1v) is 6.88. The van der Waals surface area contributed by atoms with Gasteiger partial charge >= 0.3 is 0 Å². The molecular weight excluding hydrogens is 210 g/mol. The fourth-order valence-corrected chi connectivity index (χ4v) is 2.67. The number of hydrogen-bond acceptors (Lipinski definition) is 2. The number of nitrogens with zero attached hydrogens (tertiary/aromatic N) is 2. The van der Waals surface area contributed by atoms with Crippen molar-refractivity contribution in [2.24, 2.45) is 0 Å². The normalized spacial score (nSPS) is 18.7. The van der Waals surface area contributed by atoms with Crippen LogP contribution in [0.3, 0.4) is 0 Å². The van der Waals surface area contributed by atoms with Crippen LogP contribution in [0.25, 0.3) is 0 Å². The van der Waals surface area contributed by atoms with Gasteiger partial charge in [0.1, 0.15) is 0 Å². The Labute approximate surface area is 105 Å². The summed E-state index contributed by atoms with van der Waals surface area (Å²) in [7, 11) is 2.04. The Balaban J connectivity index is 1.84. The lowest BCUT2D eigenvalue weighted by Crippen LogP contribution is -2.23. The molecule has 0 amide bonds. The van der Waals surface area contributed by atoms with E-state index in [0.717, 1.165) is 13.0 Å². The predicted molar refractivity (Wildman–Crippen MR) is 72.2 cm³/mol. The van der Waals surface area contributed by atoms with E-state index in [1.165, 1.54) is 38.0 Å². The summed E-state index contributed by atoms with van der Waals surface area (Å²) in [5, 5.41) is 3.35. The van der Waals surface area contributed by atoms with E-state index in [9.17, 15) is 0 Å². The molecule has 1 aromatic heterocycles. The molecule has 1 aliphatic heterocycles. The van der Waals surface area contributed by atoms with Crippen molar-refractivity contribution < 1.29 is 0 Å². The summed E-state index contributed by atoms with van der Waals surface area (Å²) in [5.41, 5.74) is 1.41. The lowest BCUT2D eigenvalue weighted by atomic mass is 10.1. The Hall–Kier alpha value is -0.800. The van der Waals surface area contributed by atoms with Gasteiger partial charge in [-0.25, -0.2) is 0 Å². The molecule has 1 N–H and O–H groups in total. The maximum absolute atomic E-state index is 3.35. The van der Waals surface area contributed by atoms with Crippen LogP contribution >= 0.6 is 0 Å². The summed E-state index contributed by atoms with van der Waals surface area (Å²) in [4.78, 5) is 2.56. The average Bonchev–Trinajstić information content (AvgIpc) is 2.99. The van der Waals surface area contributed by atoms with Crippen LogP contribution in [0.15, 0.2) is 18.5 Å². The molecule has 1 saturated heterocycles. The molecule has 1 aromatic rings. The topological polar surface area (TPSA) is 20.2 Å². The van der Waals surface area contributed by atoms with Gasteiger partial charge in [0, 0.05) is 31.5 Å². The summed E-state index contributed by atoms with van der Waals surface area (Å²) in [5.74, 6) is 0. The van der Waals surface area contributed by atoms with Crippen molar-refractivity contribution >= 4 is 0 Å². The summed E-state index contributed by atoms with van der Waals surface area (Å²) in [6, 6.07) is 2.75. The van der Waals surface area contributed by atoms with Gasteiger partial charge in [-0.15, -0.1) is 0 Å². The molecule has 96 valence electrons. The minimum absolute atomic E-state index is 0.503. The highest BCUT2D eigenvalue weighted by Gasteiger charge is 2.11. The quantitative estimate of drug-likeness (QED) is 0.816. The molecule has 0 radical (unpaired) electrons. The van der Waals surface area contributed by atoms with E-state index in [-0.39, 0.29) is 0 Å². The fourth-order valence-electron chi connectivity index (χ4n) is 2.67. The first-order chi connectivity index (χ1) is 8.33. The van der Waals surface area contributed by atoms with Gasteiger partial charge in [-0.05, 0) is 51.0 Å². The number of aromatic nitrogens is 1. The van der Waals surface area contributed by atoms with Crippen molar-refractivity contribution in [2.45, 2.75) is 38.8 Å². The van der Waals surface area contributed by atoms with Crippen molar-refractivity contribution in [1.29, 1.82) is 0 Å². The van der Waals surface area contributed by atoms with E-state index in [0.29, 0.717) is 6.04 Å². The zero-order valence-electron chi connectivity index (χ0n) is 11.2. The minimum Gasteiger partial charge on any atom is -0.353 e. The molecule has 0 aliphatic carbocycles. The first-order valence-electron chi connectivity index (χ1n) is 6.88. The third-order valence-electron chi connectivity index (χ3n) is 3.81. The van der Waals surface area contributed by atoms with Crippen LogP contribution in [0, 0.1) is 0 Å². The van der Waals surface area contributed by atoms with E-state index < -0.39 is 0 Å². The Kier molecular flexibility index (Phi) is 4.63. The zero-order valence-corrected chi connectivity index (χ0v) is 11.2. The van der Waals surface area contributed by atoms with E-state index in [1.54, 1.807) is 0 Å². The molecule has 1 atom stereocenters. The van der Waals surface area contributed by atoms with E-state index in [4.69, 9.17) is 0 Å². The molecule has 1 unspecified atom stereocenters. The second-order valence-corrected chi connectivity index (χ2v) is 4.98. The number of rotatable bonds is 6. The van der Waals surface area contributed by atoms with Crippen LogP contribution in [-0.2, 0) is 6.54 Å². The molecule has 3 nitrogen and oxygen atoms in total. The summed E-state index contributed by atoms with van der Waals surface area (Å²) < 4.78 is 2.33. The number of likely N-dealkylation sites (tertiary alicyclic amines) is 1. The van der Waals surface area contributed by atoms with Gasteiger partial charge in [0.15, 0.2) is 0 Å². The molecule has 3 heteroatoms. The van der Waals surface area contributed by atoms with Gasteiger partial charge in [-0.3, -0.25) is 0 Å². The molecule has 0 saturated carbocycles. The third kappa shape index (κ3) is 3.33. The van der Waals surface area contributed by atoms with Crippen molar-refractivity contribution in [3.8, 4) is 0 Å². The molecule has 0 aromatic carbocycles. The molecule has 1 aliphatic rings. The summed E-state index contributed by atoms with van der Waals surface area (Å²) >= 11 is 0. The molecular formula is C14H25N3. The van der Waals surface area contributed by atoms with Gasteiger partial charge in [0.2, 0.25) is 0 Å². The molecule has 0 bridgehead atoms. The molecule has 0 spiro atoms. The average molecular weight is 235 g/mol. The highest BCUT2D eigenvalue weighted by atomic mass is 15.2. The lowest BCUT2D eigenvalue weighted by molar-refractivity contribution is 0.322. The van der Waals surface area contributed by atoms with E-state index in [1.807, 2.05) is 7.05 Å². The van der Waals surface area contributed by atoms with Gasteiger partial charge < -0.3 is 14.8 Å². The predicted octanol–water partition coefficient (Wildman–Crippen LogP) is 2.25. The van der Waals surface area contributed by atoms with Crippen LogP contribution in [0.2, 0.25) is 0 Å². The summed E-state index contributed by atoms with van der Waals surface area (Å²) in [6.07, 6.45) is 8.42. The van der Waals surface area contributed by atoms with E-state index >= 15 is 0 Å². The largest absolute Gasteiger partial charge is 0.353 e. The Morgan fingerprint density at radius 1 is 1.29 bits per heavy atom. The van der Waals surface area contributed by atoms with Gasteiger partial charge in [-0.1, -0.05) is 6.92 Å². The standard InChI is InChI=1S/C14H25N3/c1-3-14(15-2)13-6-9-17(12-13)11-10-16-7-4-5-8-16/h6,9,12,14-15H,3-5,7-8,10-11H2,1-2H3. The van der Waals surface area contributed by atoms with Crippen LogP contribution < -0.4 is 5.32 Å². The van der Waals surface area contributed by atoms with Crippen molar-refractivity contribution in [3.63, 3.8) is 0 Å². The molecule has 17 heavy (non-hydrogen) atoms. The van der Waals surface area contributed by atoms with Gasteiger partial charge in [0.25, 0.3) is 0 Å². The second kappa shape index (κ2) is 6.22. The Morgan fingerprint density at radius 2 is 2.06 bits per heavy atom. The smallest absolute Gasteiger partial charge is 0.0347 e. The number of hydrogen-bond donors (Lipinski definition) is 1. The van der Waals surface area contributed by atoms with Crippen LogP contribution in [0.5, 0.6) is 0 Å². The van der Waals surface area contributed by atoms with Crippen molar-refractivity contribution in [1.82, 2.24) is 14.8 Å². The molecule has 2 heterocycles. The van der Waals surface area contributed by atoms with Crippen LogP contribution in [0.4, 0.5) is 0 Å². The fraction of sp³-hybridized carbons (Fsp3) is 0.714. The second-order valence-electron chi connectivity index (χ2n) is 4.98. The Morgan fingerprint density at radius 3 is 2.71 bits per heavy atom. The monoisotopic (exact) mass is 235 g/mol. The van der Waals surface area contributed by atoms with Gasteiger partial charge in [0.05, 0.1) is 0 Å². The summed E-state index contributed by atoms with van der Waals surface area (Å²) in [6.45, 7) is 7.14. The van der Waals surface area contributed by atoms with Crippen molar-refractivity contribution in [2.75, 3.05) is 26.7 Å². The minimum atomic E-state index is 0.503. The number of nitrogens with one attached hydrogen (secondary N) is 1. The Bertz CT molecular complexity index is 322. The third-order valence-corrected chi connectivity index (χ3v) is 3.81.